The molecule has 160 valence electrons. The van der Waals surface area contributed by atoms with Crippen molar-refractivity contribution in [3.05, 3.63) is 95.5 Å². The maximum absolute atomic E-state index is 6.11. The Bertz CT molecular complexity index is 1190. The smallest absolute Gasteiger partial charge is 0.146 e. The average molecular weight is 458 g/mol. The number of hydrogen-bond donors (Lipinski definition) is 0. The summed E-state index contributed by atoms with van der Waals surface area (Å²) >= 11 is 7.74. The lowest BCUT2D eigenvalue weighted by Crippen LogP contribution is -2.36. The molecule has 0 aliphatic carbocycles. The second-order valence-corrected chi connectivity index (χ2v) is 9.31. The molecule has 0 atom stereocenters. The molecule has 5 heteroatoms. The molecule has 0 unspecified atom stereocenters. The monoisotopic (exact) mass is 457 g/mol. The number of benzene rings is 3. The van der Waals surface area contributed by atoms with Crippen molar-refractivity contribution in [3.63, 3.8) is 0 Å². The van der Waals surface area contributed by atoms with E-state index < -0.39 is 0 Å². The van der Waals surface area contributed by atoms with Gasteiger partial charge in [-0.2, -0.15) is 0 Å². The zero-order valence-electron chi connectivity index (χ0n) is 17.7. The quantitative estimate of drug-likeness (QED) is 0.232. The Morgan fingerprint density at radius 2 is 1.44 bits per heavy atom. The van der Waals surface area contributed by atoms with Crippen LogP contribution in [0, 0.1) is 0 Å². The predicted molar refractivity (Wildman–Crippen MR) is 136 cm³/mol. The molecule has 0 radical (unpaired) electrons. The van der Waals surface area contributed by atoms with Gasteiger partial charge in [0.1, 0.15) is 21.5 Å². The van der Waals surface area contributed by atoms with Crippen LogP contribution in [0.3, 0.4) is 0 Å². The summed E-state index contributed by atoms with van der Waals surface area (Å²) < 4.78 is 0. The zero-order chi connectivity index (χ0) is 21.8. The molecule has 5 rings (SSSR count). The van der Waals surface area contributed by atoms with Gasteiger partial charge in [-0.15, -0.1) is 0 Å². The molecule has 3 aromatic carbocycles. The van der Waals surface area contributed by atoms with Gasteiger partial charge in [-0.05, 0) is 31.4 Å². The van der Waals surface area contributed by atoms with Crippen LogP contribution in [0.5, 0.6) is 0 Å². The summed E-state index contributed by atoms with van der Waals surface area (Å²) in [6.07, 6.45) is 3.70. The van der Waals surface area contributed by atoms with E-state index in [4.69, 9.17) is 21.6 Å². The summed E-state index contributed by atoms with van der Waals surface area (Å²) in [7, 11) is 0. The third kappa shape index (κ3) is 4.62. The predicted octanol–water partition coefficient (Wildman–Crippen LogP) is 7.69. The van der Waals surface area contributed by atoms with Crippen molar-refractivity contribution in [3.8, 4) is 21.8 Å². The fourth-order valence-electron chi connectivity index (χ4n) is 3.99. The number of nitrogens with zero attached hydrogens (tertiary/aromatic N) is 3. The average Bonchev–Trinajstić information content (AvgIpc) is 3.28. The Balaban J connectivity index is 1.65. The van der Waals surface area contributed by atoms with Crippen molar-refractivity contribution in [2.45, 2.75) is 19.3 Å². The minimum absolute atomic E-state index is 0.725. The van der Waals surface area contributed by atoms with Crippen molar-refractivity contribution in [2.24, 2.45) is 4.99 Å². The lowest BCUT2D eigenvalue weighted by molar-refractivity contribution is 0.343. The number of aromatic nitrogens is 1. The first kappa shape index (κ1) is 20.9. The zero-order valence-corrected chi connectivity index (χ0v) is 19.3. The summed E-state index contributed by atoms with van der Waals surface area (Å²) in [5.41, 5.74) is 4.20. The van der Waals surface area contributed by atoms with E-state index in [2.05, 4.69) is 47.4 Å². The number of piperidine rings is 1. The lowest BCUT2D eigenvalue weighted by Gasteiger charge is -2.30. The highest BCUT2D eigenvalue weighted by Crippen LogP contribution is 2.40. The number of thiazole rings is 1. The summed E-state index contributed by atoms with van der Waals surface area (Å²) in [4.78, 5) is 12.7. The SMILES string of the molecule is Clc1ccc(-c2nc(-c3ccccc3)c(N=C(c3ccccc3)N3CCCCC3)s2)cc1. The van der Waals surface area contributed by atoms with E-state index in [-0.39, 0.29) is 0 Å². The number of amidine groups is 1. The van der Waals surface area contributed by atoms with Crippen LogP contribution in [0.4, 0.5) is 5.00 Å². The Hall–Kier alpha value is -2.95. The number of halogens is 1. The van der Waals surface area contributed by atoms with Gasteiger partial charge in [-0.3, -0.25) is 0 Å². The Kier molecular flexibility index (Phi) is 6.33. The molecule has 4 aromatic rings. The Morgan fingerprint density at radius 3 is 2.12 bits per heavy atom. The lowest BCUT2D eigenvalue weighted by atomic mass is 10.1. The summed E-state index contributed by atoms with van der Waals surface area (Å²) in [6, 6.07) is 28.7. The molecule has 1 saturated heterocycles. The van der Waals surface area contributed by atoms with Gasteiger partial charge in [0.15, 0.2) is 0 Å². The number of rotatable bonds is 4. The van der Waals surface area contributed by atoms with Gasteiger partial charge in [-0.25, -0.2) is 9.98 Å². The van der Waals surface area contributed by atoms with E-state index in [1.807, 2.05) is 42.5 Å². The molecule has 32 heavy (non-hydrogen) atoms. The summed E-state index contributed by atoms with van der Waals surface area (Å²) in [5, 5.41) is 2.61. The Labute approximate surface area is 198 Å². The van der Waals surface area contributed by atoms with E-state index >= 15 is 0 Å². The van der Waals surface area contributed by atoms with Gasteiger partial charge in [0.2, 0.25) is 0 Å². The van der Waals surface area contributed by atoms with E-state index in [9.17, 15) is 0 Å². The van der Waals surface area contributed by atoms with Gasteiger partial charge < -0.3 is 4.90 Å². The third-order valence-electron chi connectivity index (χ3n) is 5.64. The number of likely N-dealkylation sites (tertiary alicyclic amines) is 1. The van der Waals surface area contributed by atoms with Crippen molar-refractivity contribution in [2.75, 3.05) is 13.1 Å². The van der Waals surface area contributed by atoms with E-state index in [1.54, 1.807) is 11.3 Å². The molecule has 1 aromatic heterocycles. The van der Waals surface area contributed by atoms with Gasteiger partial charge in [-0.1, -0.05) is 95.7 Å². The van der Waals surface area contributed by atoms with E-state index in [0.717, 1.165) is 56.3 Å². The van der Waals surface area contributed by atoms with Gasteiger partial charge in [0, 0.05) is 34.8 Å². The van der Waals surface area contributed by atoms with Crippen molar-refractivity contribution in [1.29, 1.82) is 0 Å². The van der Waals surface area contributed by atoms with Crippen molar-refractivity contribution in [1.82, 2.24) is 9.88 Å². The first-order valence-electron chi connectivity index (χ1n) is 11.0. The molecule has 0 amide bonds. The molecular formula is C27H24ClN3S. The molecule has 0 saturated carbocycles. The fraction of sp³-hybridized carbons (Fsp3) is 0.185. The van der Waals surface area contributed by atoms with Gasteiger partial charge in [0.25, 0.3) is 0 Å². The number of hydrogen-bond acceptors (Lipinski definition) is 3. The van der Waals surface area contributed by atoms with Crippen LogP contribution >= 0.6 is 22.9 Å². The normalized spacial score (nSPS) is 14.5. The van der Waals surface area contributed by atoms with Crippen LogP contribution in [-0.4, -0.2) is 28.8 Å². The van der Waals surface area contributed by atoms with Gasteiger partial charge in [0.05, 0.1) is 0 Å². The Morgan fingerprint density at radius 1 is 0.781 bits per heavy atom. The van der Waals surface area contributed by atoms with Crippen LogP contribution in [0.1, 0.15) is 24.8 Å². The maximum atomic E-state index is 6.11. The van der Waals surface area contributed by atoms with E-state index in [0.29, 0.717) is 0 Å². The fourth-order valence-corrected chi connectivity index (χ4v) is 5.09. The molecule has 0 bridgehead atoms. The summed E-state index contributed by atoms with van der Waals surface area (Å²) in [5.74, 6) is 1.04. The second-order valence-electron chi connectivity index (χ2n) is 7.89. The molecule has 2 heterocycles. The molecule has 0 spiro atoms. The van der Waals surface area contributed by atoms with Crippen LogP contribution in [0.15, 0.2) is 89.9 Å². The number of aliphatic imine (C=N–C) groups is 1. The molecule has 0 N–H and O–H groups in total. The maximum Gasteiger partial charge on any atom is 0.146 e. The largest absolute Gasteiger partial charge is 0.356 e. The standard InChI is InChI=1S/C27H24ClN3S/c28-23-16-14-22(15-17-23)26-29-24(20-10-4-1-5-11-20)27(32-26)30-25(21-12-6-2-7-13-21)31-18-8-3-9-19-31/h1-2,4-7,10-17H,3,8-9,18-19H2. The van der Waals surface area contributed by atoms with Crippen LogP contribution in [0.2, 0.25) is 5.02 Å². The molecular weight excluding hydrogens is 434 g/mol. The van der Waals surface area contributed by atoms with Crippen molar-refractivity contribution >= 4 is 33.8 Å². The summed E-state index contributed by atoms with van der Waals surface area (Å²) in [6.45, 7) is 2.08. The molecule has 1 aliphatic heterocycles. The molecule has 3 nitrogen and oxygen atoms in total. The highest BCUT2D eigenvalue weighted by molar-refractivity contribution is 7.19. The topological polar surface area (TPSA) is 28.5 Å². The minimum Gasteiger partial charge on any atom is -0.356 e. The first-order valence-corrected chi connectivity index (χ1v) is 12.2. The first-order chi connectivity index (χ1) is 15.8. The van der Waals surface area contributed by atoms with Crippen LogP contribution in [0.25, 0.3) is 21.8 Å². The van der Waals surface area contributed by atoms with Crippen LogP contribution < -0.4 is 0 Å². The highest BCUT2D eigenvalue weighted by atomic mass is 35.5. The van der Waals surface area contributed by atoms with E-state index in [1.165, 1.54) is 19.3 Å². The van der Waals surface area contributed by atoms with Crippen molar-refractivity contribution < 1.29 is 0 Å². The minimum atomic E-state index is 0.725. The highest BCUT2D eigenvalue weighted by Gasteiger charge is 2.20. The van der Waals surface area contributed by atoms with Crippen LogP contribution in [-0.2, 0) is 0 Å². The molecule has 1 fully saturated rings. The second kappa shape index (κ2) is 9.68. The third-order valence-corrected chi connectivity index (χ3v) is 6.89. The van der Waals surface area contributed by atoms with Gasteiger partial charge >= 0.3 is 0 Å². The molecule has 1 aliphatic rings.